The Hall–Kier alpha value is -3.31. The first kappa shape index (κ1) is 19.0. The van der Waals surface area contributed by atoms with Gasteiger partial charge in [0.1, 0.15) is 23.1 Å². The van der Waals surface area contributed by atoms with Crippen LogP contribution in [0.25, 0.3) is 0 Å². The predicted octanol–water partition coefficient (Wildman–Crippen LogP) is 4.97. The van der Waals surface area contributed by atoms with Gasteiger partial charge in [-0.2, -0.15) is 5.26 Å². The standard InChI is InChI=1S/C23H16IN3O2/c24-18-8-4-5-9-19(18)27-13-15-10-16-21(11-20(15)28)29-23(26)17(12-25)22(16)14-6-2-1-3-7-14/h1-11,13,22,28H,26H2. The van der Waals surface area contributed by atoms with E-state index >= 15 is 0 Å². The number of nitrogens with zero attached hydrogens (tertiary/aromatic N) is 2. The molecule has 0 saturated heterocycles. The number of phenols is 1. The summed E-state index contributed by atoms with van der Waals surface area (Å²) in [5, 5.41) is 20.2. The van der Waals surface area contributed by atoms with E-state index < -0.39 is 0 Å². The number of hydrogen-bond acceptors (Lipinski definition) is 5. The number of allylic oxidation sites excluding steroid dienone is 1. The minimum atomic E-state index is -0.380. The molecule has 3 aromatic rings. The molecule has 1 aliphatic heterocycles. The monoisotopic (exact) mass is 493 g/mol. The number of aliphatic imine (C=N–C) groups is 1. The quantitative estimate of drug-likeness (QED) is 0.399. The van der Waals surface area contributed by atoms with Gasteiger partial charge in [0, 0.05) is 27.0 Å². The fourth-order valence-corrected chi connectivity index (χ4v) is 3.83. The maximum absolute atomic E-state index is 10.5. The second kappa shape index (κ2) is 7.97. The van der Waals surface area contributed by atoms with Crippen molar-refractivity contribution in [1.29, 1.82) is 5.26 Å². The van der Waals surface area contributed by atoms with Gasteiger partial charge in [0.05, 0.1) is 11.6 Å². The number of ether oxygens (including phenoxy) is 1. The van der Waals surface area contributed by atoms with E-state index in [1.807, 2.05) is 54.6 Å². The van der Waals surface area contributed by atoms with Crippen LogP contribution in [-0.4, -0.2) is 11.3 Å². The van der Waals surface area contributed by atoms with Gasteiger partial charge < -0.3 is 15.6 Å². The molecule has 1 atom stereocenters. The van der Waals surface area contributed by atoms with Gasteiger partial charge in [-0.05, 0) is 46.4 Å². The molecule has 4 rings (SSSR count). The molecule has 0 aliphatic carbocycles. The molecule has 5 nitrogen and oxygen atoms in total. The molecule has 1 aliphatic rings. The summed E-state index contributed by atoms with van der Waals surface area (Å²) in [5.41, 5.74) is 9.35. The smallest absolute Gasteiger partial charge is 0.205 e. The highest BCUT2D eigenvalue weighted by Crippen LogP contribution is 2.44. The van der Waals surface area contributed by atoms with E-state index in [-0.39, 0.29) is 17.6 Å². The molecule has 0 spiro atoms. The highest BCUT2D eigenvalue weighted by Gasteiger charge is 2.31. The Morgan fingerprint density at radius 3 is 2.55 bits per heavy atom. The van der Waals surface area contributed by atoms with Crippen LogP contribution in [0.2, 0.25) is 0 Å². The highest BCUT2D eigenvalue weighted by molar-refractivity contribution is 14.1. The van der Waals surface area contributed by atoms with Crippen LogP contribution in [0.4, 0.5) is 5.69 Å². The zero-order valence-electron chi connectivity index (χ0n) is 15.2. The zero-order valence-corrected chi connectivity index (χ0v) is 17.4. The summed E-state index contributed by atoms with van der Waals surface area (Å²) in [6.07, 6.45) is 1.61. The second-order valence-corrected chi connectivity index (χ2v) is 7.66. The van der Waals surface area contributed by atoms with Crippen molar-refractivity contribution in [3.8, 4) is 17.6 Å². The van der Waals surface area contributed by atoms with E-state index in [0.29, 0.717) is 16.9 Å². The third-order valence-corrected chi connectivity index (χ3v) is 5.60. The van der Waals surface area contributed by atoms with Crippen molar-refractivity contribution in [3.63, 3.8) is 0 Å². The van der Waals surface area contributed by atoms with Gasteiger partial charge in [-0.15, -0.1) is 0 Å². The van der Waals surface area contributed by atoms with Crippen LogP contribution in [0.5, 0.6) is 11.5 Å². The van der Waals surface area contributed by atoms with Crippen molar-refractivity contribution in [1.82, 2.24) is 0 Å². The lowest BCUT2D eigenvalue weighted by Crippen LogP contribution is -2.21. The number of hydrogen-bond donors (Lipinski definition) is 2. The van der Waals surface area contributed by atoms with Gasteiger partial charge in [-0.1, -0.05) is 42.5 Å². The largest absolute Gasteiger partial charge is 0.507 e. The normalized spacial score (nSPS) is 15.7. The summed E-state index contributed by atoms with van der Waals surface area (Å²) in [6, 6.07) is 22.8. The Kier molecular flexibility index (Phi) is 5.23. The molecule has 0 aromatic heterocycles. The Labute approximate surface area is 181 Å². The second-order valence-electron chi connectivity index (χ2n) is 6.49. The Bertz CT molecular complexity index is 1180. The number of nitriles is 1. The minimum Gasteiger partial charge on any atom is -0.507 e. The lowest BCUT2D eigenvalue weighted by molar-refractivity contribution is 0.388. The summed E-state index contributed by atoms with van der Waals surface area (Å²) in [7, 11) is 0. The number of phenolic OH excluding ortho intramolecular Hbond substituents is 1. The molecule has 1 unspecified atom stereocenters. The van der Waals surface area contributed by atoms with Crippen LogP contribution in [0, 0.1) is 14.9 Å². The zero-order chi connectivity index (χ0) is 20.4. The first-order valence-electron chi connectivity index (χ1n) is 8.86. The van der Waals surface area contributed by atoms with Crippen molar-refractivity contribution in [3.05, 3.63) is 98.4 Å². The molecule has 142 valence electrons. The van der Waals surface area contributed by atoms with Crippen molar-refractivity contribution in [2.24, 2.45) is 10.7 Å². The highest BCUT2D eigenvalue weighted by atomic mass is 127. The average Bonchev–Trinajstić information content (AvgIpc) is 2.73. The fourth-order valence-electron chi connectivity index (χ4n) is 3.30. The third-order valence-electron chi connectivity index (χ3n) is 4.69. The number of para-hydroxylation sites is 1. The number of rotatable bonds is 3. The molecule has 0 bridgehead atoms. The van der Waals surface area contributed by atoms with Crippen LogP contribution in [0.15, 0.2) is 83.2 Å². The van der Waals surface area contributed by atoms with Crippen molar-refractivity contribution in [2.45, 2.75) is 5.92 Å². The number of aromatic hydroxyl groups is 1. The van der Waals surface area contributed by atoms with Gasteiger partial charge in [0.2, 0.25) is 5.88 Å². The van der Waals surface area contributed by atoms with Crippen LogP contribution in [0.1, 0.15) is 22.6 Å². The number of nitrogens with two attached hydrogens (primary N) is 1. The van der Waals surface area contributed by atoms with Gasteiger partial charge in [-0.25, -0.2) is 0 Å². The Morgan fingerprint density at radius 1 is 1.10 bits per heavy atom. The van der Waals surface area contributed by atoms with Crippen LogP contribution in [-0.2, 0) is 0 Å². The average molecular weight is 493 g/mol. The fraction of sp³-hybridized carbons (Fsp3) is 0.0435. The molecule has 3 N–H and O–H groups in total. The molecule has 0 fully saturated rings. The number of benzene rings is 3. The summed E-state index contributed by atoms with van der Waals surface area (Å²) >= 11 is 2.21. The molecule has 0 amide bonds. The molecule has 29 heavy (non-hydrogen) atoms. The first-order valence-corrected chi connectivity index (χ1v) is 9.94. The van der Waals surface area contributed by atoms with Gasteiger partial charge in [0.15, 0.2) is 0 Å². The molecular weight excluding hydrogens is 477 g/mol. The summed E-state index contributed by atoms with van der Waals surface area (Å²) in [4.78, 5) is 4.50. The minimum absolute atomic E-state index is 0.0264. The first-order chi connectivity index (χ1) is 14.1. The van der Waals surface area contributed by atoms with Crippen molar-refractivity contribution in [2.75, 3.05) is 0 Å². The van der Waals surface area contributed by atoms with E-state index in [2.05, 4.69) is 33.7 Å². The van der Waals surface area contributed by atoms with Crippen LogP contribution < -0.4 is 10.5 Å². The van der Waals surface area contributed by atoms with Crippen molar-refractivity contribution < 1.29 is 9.84 Å². The van der Waals surface area contributed by atoms with Gasteiger partial charge >= 0.3 is 0 Å². The topological polar surface area (TPSA) is 91.6 Å². The molecule has 0 radical (unpaired) electrons. The van der Waals surface area contributed by atoms with E-state index in [0.717, 1.165) is 20.4 Å². The third kappa shape index (κ3) is 3.69. The van der Waals surface area contributed by atoms with E-state index in [1.165, 1.54) is 6.07 Å². The summed E-state index contributed by atoms with van der Waals surface area (Å²) in [5.74, 6) is 0.126. The van der Waals surface area contributed by atoms with Crippen LogP contribution in [0.3, 0.4) is 0 Å². The van der Waals surface area contributed by atoms with Gasteiger partial charge in [0.25, 0.3) is 0 Å². The van der Waals surface area contributed by atoms with Crippen LogP contribution >= 0.6 is 22.6 Å². The van der Waals surface area contributed by atoms with E-state index in [9.17, 15) is 10.4 Å². The van der Waals surface area contributed by atoms with Gasteiger partial charge in [-0.3, -0.25) is 4.99 Å². The molecule has 3 aromatic carbocycles. The summed E-state index contributed by atoms with van der Waals surface area (Å²) in [6.45, 7) is 0. The maximum atomic E-state index is 10.5. The molecule has 0 saturated carbocycles. The molecule has 1 heterocycles. The summed E-state index contributed by atoms with van der Waals surface area (Å²) < 4.78 is 6.64. The molecular formula is C23H16IN3O2. The van der Waals surface area contributed by atoms with Crippen molar-refractivity contribution >= 4 is 34.5 Å². The van der Waals surface area contributed by atoms with E-state index in [1.54, 1.807) is 12.3 Å². The number of halogens is 1. The Morgan fingerprint density at radius 2 is 1.83 bits per heavy atom. The molecule has 6 heteroatoms. The Balaban J connectivity index is 1.83. The SMILES string of the molecule is N#CC1=C(N)Oc2cc(O)c(C=Nc3ccccc3I)cc2C1c1ccccc1. The maximum Gasteiger partial charge on any atom is 0.205 e. The lowest BCUT2D eigenvalue weighted by Gasteiger charge is -2.27. The number of fused-ring (bicyclic) bond motifs is 1. The lowest BCUT2D eigenvalue weighted by atomic mass is 9.83. The van der Waals surface area contributed by atoms with E-state index in [4.69, 9.17) is 10.5 Å². The predicted molar refractivity (Wildman–Crippen MR) is 120 cm³/mol.